The normalized spacial score (nSPS) is 10.2. The molecule has 0 bridgehead atoms. The second-order valence-corrected chi connectivity index (χ2v) is 4.45. The standard InChI is InChI=1S/C15H19N3O2/c1-2-9-18-12-13(11-16-18)17-15(19)8-10-20-14-6-4-3-5-7-14/h3-7,11-12H,2,8-10H2,1H3,(H,17,19). The lowest BCUT2D eigenvalue weighted by Gasteiger charge is -2.05. The lowest BCUT2D eigenvalue weighted by atomic mass is 10.3. The molecule has 0 atom stereocenters. The highest BCUT2D eigenvalue weighted by Gasteiger charge is 2.05. The van der Waals surface area contributed by atoms with Crippen LogP contribution in [-0.4, -0.2) is 22.3 Å². The van der Waals surface area contributed by atoms with Crippen LogP contribution in [-0.2, 0) is 11.3 Å². The molecule has 0 spiro atoms. The Morgan fingerprint density at radius 1 is 1.35 bits per heavy atom. The minimum atomic E-state index is -0.0722. The van der Waals surface area contributed by atoms with E-state index < -0.39 is 0 Å². The number of hydrogen-bond donors (Lipinski definition) is 1. The van der Waals surface area contributed by atoms with Crippen LogP contribution in [0.2, 0.25) is 0 Å². The number of rotatable bonds is 7. The minimum Gasteiger partial charge on any atom is -0.493 e. The summed E-state index contributed by atoms with van der Waals surface area (Å²) in [6.45, 7) is 3.30. The summed E-state index contributed by atoms with van der Waals surface area (Å²) in [5, 5.41) is 6.96. The first-order valence-corrected chi connectivity index (χ1v) is 6.78. The van der Waals surface area contributed by atoms with Crippen molar-refractivity contribution >= 4 is 11.6 Å². The van der Waals surface area contributed by atoms with Crippen LogP contribution in [0.1, 0.15) is 19.8 Å². The zero-order valence-electron chi connectivity index (χ0n) is 11.6. The topological polar surface area (TPSA) is 56.2 Å². The molecule has 0 unspecified atom stereocenters. The molecule has 1 amide bonds. The van der Waals surface area contributed by atoms with Gasteiger partial charge in [-0.2, -0.15) is 5.10 Å². The third-order valence-electron chi connectivity index (χ3n) is 2.71. The molecule has 5 nitrogen and oxygen atoms in total. The van der Waals surface area contributed by atoms with Crippen molar-refractivity contribution in [3.05, 3.63) is 42.7 Å². The largest absolute Gasteiger partial charge is 0.493 e. The van der Waals surface area contributed by atoms with E-state index in [1.165, 1.54) is 0 Å². The molecule has 0 radical (unpaired) electrons. The first kappa shape index (κ1) is 14.1. The molecule has 2 rings (SSSR count). The molecule has 2 aromatic rings. The number of aromatic nitrogens is 2. The number of hydrogen-bond acceptors (Lipinski definition) is 3. The van der Waals surface area contributed by atoms with Crippen molar-refractivity contribution in [3.63, 3.8) is 0 Å². The van der Waals surface area contributed by atoms with Crippen molar-refractivity contribution in [3.8, 4) is 5.75 Å². The smallest absolute Gasteiger partial charge is 0.227 e. The summed E-state index contributed by atoms with van der Waals surface area (Å²) < 4.78 is 7.29. The van der Waals surface area contributed by atoms with Crippen LogP contribution in [0.15, 0.2) is 42.7 Å². The van der Waals surface area contributed by atoms with Crippen LogP contribution in [0, 0.1) is 0 Å². The maximum Gasteiger partial charge on any atom is 0.227 e. The van der Waals surface area contributed by atoms with Gasteiger partial charge in [0.25, 0.3) is 0 Å². The van der Waals surface area contributed by atoms with Crippen molar-refractivity contribution in [2.45, 2.75) is 26.3 Å². The highest BCUT2D eigenvalue weighted by Crippen LogP contribution is 2.09. The third-order valence-corrected chi connectivity index (χ3v) is 2.71. The summed E-state index contributed by atoms with van der Waals surface area (Å²) in [7, 11) is 0. The van der Waals surface area contributed by atoms with Crippen LogP contribution in [0.3, 0.4) is 0 Å². The summed E-state index contributed by atoms with van der Waals surface area (Å²) in [5.74, 6) is 0.702. The quantitative estimate of drug-likeness (QED) is 0.844. The van der Waals surface area contributed by atoms with E-state index >= 15 is 0 Å². The Kier molecular flexibility index (Phi) is 5.17. The third kappa shape index (κ3) is 4.42. The predicted octanol–water partition coefficient (Wildman–Crippen LogP) is 2.70. The molecule has 5 heteroatoms. The molecule has 0 aliphatic carbocycles. The highest BCUT2D eigenvalue weighted by atomic mass is 16.5. The number of nitrogens with one attached hydrogen (secondary N) is 1. The zero-order valence-corrected chi connectivity index (χ0v) is 11.6. The van der Waals surface area contributed by atoms with E-state index in [2.05, 4.69) is 17.3 Å². The van der Waals surface area contributed by atoms with Crippen LogP contribution >= 0.6 is 0 Å². The molecule has 0 aliphatic heterocycles. The van der Waals surface area contributed by atoms with Gasteiger partial charge < -0.3 is 10.1 Å². The van der Waals surface area contributed by atoms with E-state index in [4.69, 9.17) is 4.74 Å². The number of aryl methyl sites for hydroxylation is 1. The Morgan fingerprint density at radius 3 is 2.90 bits per heavy atom. The lowest BCUT2D eigenvalue weighted by molar-refractivity contribution is -0.116. The van der Waals surface area contributed by atoms with Gasteiger partial charge in [0.1, 0.15) is 5.75 Å². The molecule has 0 saturated heterocycles. The molecular formula is C15H19N3O2. The molecule has 0 fully saturated rings. The van der Waals surface area contributed by atoms with E-state index in [0.717, 1.165) is 24.4 Å². The predicted molar refractivity (Wildman–Crippen MR) is 77.7 cm³/mol. The molecule has 1 aromatic heterocycles. The maximum absolute atomic E-state index is 11.7. The Bertz CT molecular complexity index is 537. The number of carbonyl (C=O) groups excluding carboxylic acids is 1. The van der Waals surface area contributed by atoms with Gasteiger partial charge in [0, 0.05) is 12.7 Å². The Hall–Kier alpha value is -2.30. The number of ether oxygens (including phenoxy) is 1. The van der Waals surface area contributed by atoms with E-state index in [1.54, 1.807) is 6.20 Å². The van der Waals surface area contributed by atoms with E-state index in [9.17, 15) is 4.79 Å². The second-order valence-electron chi connectivity index (χ2n) is 4.45. The van der Waals surface area contributed by atoms with Crippen LogP contribution in [0.25, 0.3) is 0 Å². The lowest BCUT2D eigenvalue weighted by Crippen LogP contribution is -2.14. The SMILES string of the molecule is CCCn1cc(NC(=O)CCOc2ccccc2)cn1. The fourth-order valence-electron chi connectivity index (χ4n) is 1.78. The van der Waals surface area contributed by atoms with Crippen molar-refractivity contribution in [1.82, 2.24) is 9.78 Å². The van der Waals surface area contributed by atoms with Gasteiger partial charge in [-0.05, 0) is 18.6 Å². The number of benzene rings is 1. The van der Waals surface area contributed by atoms with E-state index in [0.29, 0.717) is 13.0 Å². The van der Waals surface area contributed by atoms with Gasteiger partial charge in [0.15, 0.2) is 0 Å². The number of anilines is 1. The Labute approximate surface area is 118 Å². The highest BCUT2D eigenvalue weighted by molar-refractivity contribution is 5.90. The molecule has 1 heterocycles. The number of amides is 1. The fraction of sp³-hybridized carbons (Fsp3) is 0.333. The van der Waals surface area contributed by atoms with Gasteiger partial charge in [-0.15, -0.1) is 0 Å². The fourth-order valence-corrected chi connectivity index (χ4v) is 1.78. The van der Waals surface area contributed by atoms with Crippen molar-refractivity contribution in [1.29, 1.82) is 0 Å². The van der Waals surface area contributed by atoms with Crippen LogP contribution in [0.5, 0.6) is 5.75 Å². The Balaban J connectivity index is 1.72. The molecule has 1 N–H and O–H groups in total. The molecule has 106 valence electrons. The zero-order chi connectivity index (χ0) is 14.2. The average Bonchev–Trinajstić information content (AvgIpc) is 2.88. The van der Waals surface area contributed by atoms with Crippen LogP contribution in [0.4, 0.5) is 5.69 Å². The summed E-state index contributed by atoms with van der Waals surface area (Å²) in [6.07, 6.45) is 4.82. The number of carbonyl (C=O) groups is 1. The Morgan fingerprint density at radius 2 is 2.15 bits per heavy atom. The molecule has 0 saturated carbocycles. The van der Waals surface area contributed by atoms with Gasteiger partial charge in [-0.3, -0.25) is 9.48 Å². The first-order chi connectivity index (χ1) is 9.78. The number of para-hydroxylation sites is 1. The maximum atomic E-state index is 11.7. The summed E-state index contributed by atoms with van der Waals surface area (Å²) in [5.41, 5.74) is 0.725. The van der Waals surface area contributed by atoms with E-state index in [1.807, 2.05) is 41.2 Å². The summed E-state index contributed by atoms with van der Waals surface area (Å²) >= 11 is 0. The van der Waals surface area contributed by atoms with Crippen molar-refractivity contribution < 1.29 is 9.53 Å². The summed E-state index contributed by atoms with van der Waals surface area (Å²) in [4.78, 5) is 11.7. The monoisotopic (exact) mass is 273 g/mol. The van der Waals surface area contributed by atoms with Gasteiger partial charge in [-0.1, -0.05) is 25.1 Å². The number of nitrogens with zero attached hydrogens (tertiary/aromatic N) is 2. The molecule has 20 heavy (non-hydrogen) atoms. The first-order valence-electron chi connectivity index (χ1n) is 6.78. The van der Waals surface area contributed by atoms with Gasteiger partial charge >= 0.3 is 0 Å². The summed E-state index contributed by atoms with van der Waals surface area (Å²) in [6, 6.07) is 9.46. The van der Waals surface area contributed by atoms with Crippen molar-refractivity contribution in [2.75, 3.05) is 11.9 Å². The second kappa shape index (κ2) is 7.33. The van der Waals surface area contributed by atoms with Crippen molar-refractivity contribution in [2.24, 2.45) is 0 Å². The molecule has 0 aliphatic rings. The van der Waals surface area contributed by atoms with Gasteiger partial charge in [0.05, 0.1) is 24.9 Å². The molecule has 1 aromatic carbocycles. The average molecular weight is 273 g/mol. The molecular weight excluding hydrogens is 254 g/mol. The minimum absolute atomic E-state index is 0.0722. The van der Waals surface area contributed by atoms with E-state index in [-0.39, 0.29) is 5.91 Å². The van der Waals surface area contributed by atoms with Gasteiger partial charge in [0.2, 0.25) is 5.91 Å². The van der Waals surface area contributed by atoms with Crippen LogP contribution < -0.4 is 10.1 Å². The van der Waals surface area contributed by atoms with Gasteiger partial charge in [-0.25, -0.2) is 0 Å².